The van der Waals surface area contributed by atoms with Gasteiger partial charge in [-0.3, -0.25) is 4.79 Å². The molecule has 1 N–H and O–H groups in total. The van der Waals surface area contributed by atoms with E-state index >= 15 is 0 Å². The van der Waals surface area contributed by atoms with Crippen LogP contribution in [0.25, 0.3) is 6.08 Å². The van der Waals surface area contributed by atoms with Gasteiger partial charge >= 0.3 is 0 Å². The number of amides is 1. The van der Waals surface area contributed by atoms with E-state index in [4.69, 9.17) is 14.2 Å². The number of aryl methyl sites for hydroxylation is 1. The fraction of sp³-hybridized carbons (Fsp3) is 0.120. The Labute approximate surface area is 180 Å². The molecule has 0 aliphatic carbocycles. The van der Waals surface area contributed by atoms with E-state index in [9.17, 15) is 10.1 Å². The lowest BCUT2D eigenvalue weighted by atomic mass is 10.1. The van der Waals surface area contributed by atoms with Gasteiger partial charge in [-0.15, -0.1) is 0 Å². The van der Waals surface area contributed by atoms with Gasteiger partial charge in [-0.05, 0) is 60.0 Å². The number of carbonyl (C=O) groups is 1. The molecular formula is C25H20N2O4. The van der Waals surface area contributed by atoms with Crippen molar-refractivity contribution in [3.8, 4) is 23.3 Å². The van der Waals surface area contributed by atoms with E-state index in [2.05, 4.69) is 5.32 Å². The number of carbonyl (C=O) groups excluding carboxylic acids is 1. The number of nitrogens with zero attached hydrogens (tertiary/aromatic N) is 1. The minimum absolute atomic E-state index is 0.0253. The quantitative estimate of drug-likeness (QED) is 0.462. The molecule has 154 valence electrons. The Bertz CT molecular complexity index is 1180. The van der Waals surface area contributed by atoms with Crippen LogP contribution in [0.3, 0.4) is 0 Å². The van der Waals surface area contributed by atoms with Gasteiger partial charge in [-0.2, -0.15) is 5.26 Å². The molecule has 0 unspecified atom stereocenters. The summed E-state index contributed by atoms with van der Waals surface area (Å²) < 4.78 is 16.5. The molecule has 0 radical (unpaired) electrons. The van der Waals surface area contributed by atoms with Crippen LogP contribution in [0.5, 0.6) is 17.2 Å². The molecule has 6 heteroatoms. The summed E-state index contributed by atoms with van der Waals surface area (Å²) in [6.45, 7) is 2.52. The summed E-state index contributed by atoms with van der Waals surface area (Å²) in [6, 6.07) is 22.3. The molecule has 4 rings (SSSR count). The first-order valence-electron chi connectivity index (χ1n) is 9.72. The summed E-state index contributed by atoms with van der Waals surface area (Å²) in [5.74, 6) is 1.69. The maximum atomic E-state index is 12.5. The van der Waals surface area contributed by atoms with Crippen LogP contribution in [-0.4, -0.2) is 12.7 Å². The molecule has 3 aromatic rings. The lowest BCUT2D eigenvalue weighted by Gasteiger charge is -2.08. The van der Waals surface area contributed by atoms with E-state index in [1.54, 1.807) is 36.4 Å². The van der Waals surface area contributed by atoms with Crippen molar-refractivity contribution in [2.24, 2.45) is 0 Å². The van der Waals surface area contributed by atoms with Crippen molar-refractivity contribution in [1.29, 1.82) is 5.26 Å². The maximum Gasteiger partial charge on any atom is 0.266 e. The second-order valence-electron chi connectivity index (χ2n) is 6.98. The Hall–Kier alpha value is -4.24. The Morgan fingerprint density at radius 2 is 1.87 bits per heavy atom. The molecule has 1 heterocycles. The van der Waals surface area contributed by atoms with Gasteiger partial charge in [0, 0.05) is 5.69 Å². The predicted molar refractivity (Wildman–Crippen MR) is 117 cm³/mol. The van der Waals surface area contributed by atoms with Crippen molar-refractivity contribution in [3.63, 3.8) is 0 Å². The second-order valence-corrected chi connectivity index (χ2v) is 6.98. The number of nitrogens with one attached hydrogen (secondary N) is 1. The van der Waals surface area contributed by atoms with Crippen LogP contribution in [-0.2, 0) is 11.4 Å². The Morgan fingerprint density at radius 3 is 2.65 bits per heavy atom. The minimum Gasteiger partial charge on any atom is -0.489 e. The third kappa shape index (κ3) is 4.85. The molecule has 31 heavy (non-hydrogen) atoms. The lowest BCUT2D eigenvalue weighted by molar-refractivity contribution is -0.112. The van der Waals surface area contributed by atoms with Gasteiger partial charge in [-0.25, -0.2) is 0 Å². The highest BCUT2D eigenvalue weighted by Gasteiger charge is 2.13. The first kappa shape index (κ1) is 20.0. The average molecular weight is 412 g/mol. The maximum absolute atomic E-state index is 12.5. The van der Waals surface area contributed by atoms with Crippen LogP contribution in [0.4, 0.5) is 5.69 Å². The topological polar surface area (TPSA) is 80.6 Å². The SMILES string of the molecule is Cc1ccccc1NC(=O)/C(C#N)=C\c1ccc(OCc2ccc3c(c2)OCO3)cc1. The number of fused-ring (bicyclic) bond motifs is 1. The summed E-state index contributed by atoms with van der Waals surface area (Å²) in [4.78, 5) is 12.5. The smallest absolute Gasteiger partial charge is 0.266 e. The summed E-state index contributed by atoms with van der Waals surface area (Å²) in [6.07, 6.45) is 1.55. The van der Waals surface area contributed by atoms with E-state index in [-0.39, 0.29) is 12.4 Å². The van der Waals surface area contributed by atoms with Crippen LogP contribution in [0.15, 0.2) is 72.3 Å². The summed E-state index contributed by atoms with van der Waals surface area (Å²) in [5.41, 5.74) is 3.33. The molecule has 0 spiro atoms. The van der Waals surface area contributed by atoms with Gasteiger partial charge in [0.2, 0.25) is 6.79 Å². The Balaban J connectivity index is 1.39. The van der Waals surface area contributed by atoms with E-state index in [1.807, 2.05) is 49.4 Å². The third-order valence-corrected chi connectivity index (χ3v) is 4.79. The van der Waals surface area contributed by atoms with Crippen LogP contribution in [0.2, 0.25) is 0 Å². The minimum atomic E-state index is -0.445. The van der Waals surface area contributed by atoms with Gasteiger partial charge in [0.1, 0.15) is 24.0 Å². The molecule has 0 fully saturated rings. The molecular weight excluding hydrogens is 392 g/mol. The Kier molecular flexibility index (Phi) is 5.86. The van der Waals surface area contributed by atoms with E-state index < -0.39 is 5.91 Å². The summed E-state index contributed by atoms with van der Waals surface area (Å²) >= 11 is 0. The molecule has 1 aliphatic rings. The fourth-order valence-electron chi connectivity index (χ4n) is 3.08. The van der Waals surface area contributed by atoms with E-state index in [0.29, 0.717) is 18.0 Å². The van der Waals surface area contributed by atoms with Crippen molar-refractivity contribution < 1.29 is 19.0 Å². The van der Waals surface area contributed by atoms with Crippen LogP contribution in [0, 0.1) is 18.3 Å². The highest BCUT2D eigenvalue weighted by molar-refractivity contribution is 6.09. The number of anilines is 1. The molecule has 0 aromatic heterocycles. The molecule has 1 aliphatic heterocycles. The average Bonchev–Trinajstić information content (AvgIpc) is 3.26. The number of hydrogen-bond donors (Lipinski definition) is 1. The molecule has 0 saturated carbocycles. The second kappa shape index (κ2) is 9.06. The number of hydrogen-bond acceptors (Lipinski definition) is 5. The number of nitriles is 1. The molecule has 0 saturated heterocycles. The van der Waals surface area contributed by atoms with Gasteiger partial charge in [0.15, 0.2) is 11.5 Å². The first-order chi connectivity index (χ1) is 15.1. The standard InChI is InChI=1S/C25H20N2O4/c1-17-4-2-3-5-22(17)27-25(28)20(14-26)12-18-6-9-21(10-7-18)29-15-19-8-11-23-24(13-19)31-16-30-23/h2-13H,15-16H2,1H3,(H,27,28)/b20-12-. The van der Waals surface area contributed by atoms with E-state index in [0.717, 1.165) is 28.2 Å². The third-order valence-electron chi connectivity index (χ3n) is 4.79. The zero-order valence-corrected chi connectivity index (χ0v) is 16.9. The summed E-state index contributed by atoms with van der Waals surface area (Å²) in [7, 11) is 0. The van der Waals surface area contributed by atoms with Crippen molar-refractivity contribution in [2.75, 3.05) is 12.1 Å². The highest BCUT2D eigenvalue weighted by atomic mass is 16.7. The van der Waals surface area contributed by atoms with Gasteiger partial charge in [-0.1, -0.05) is 36.4 Å². The van der Waals surface area contributed by atoms with Crippen molar-refractivity contribution >= 4 is 17.7 Å². The molecule has 6 nitrogen and oxygen atoms in total. The van der Waals surface area contributed by atoms with Gasteiger partial charge < -0.3 is 19.5 Å². The predicted octanol–water partition coefficient (Wildman–Crippen LogP) is 4.85. The van der Waals surface area contributed by atoms with Gasteiger partial charge in [0.25, 0.3) is 5.91 Å². The van der Waals surface area contributed by atoms with Crippen molar-refractivity contribution in [2.45, 2.75) is 13.5 Å². The van der Waals surface area contributed by atoms with Crippen molar-refractivity contribution in [3.05, 3.63) is 89.0 Å². The number of rotatable bonds is 6. The van der Waals surface area contributed by atoms with E-state index in [1.165, 1.54) is 0 Å². The van der Waals surface area contributed by atoms with Crippen LogP contribution >= 0.6 is 0 Å². The summed E-state index contributed by atoms with van der Waals surface area (Å²) in [5, 5.41) is 12.2. The molecule has 1 amide bonds. The van der Waals surface area contributed by atoms with Crippen LogP contribution in [0.1, 0.15) is 16.7 Å². The zero-order valence-electron chi connectivity index (χ0n) is 16.9. The number of para-hydroxylation sites is 1. The largest absolute Gasteiger partial charge is 0.489 e. The lowest BCUT2D eigenvalue weighted by Crippen LogP contribution is -2.14. The normalized spacial score (nSPS) is 12.2. The Morgan fingerprint density at radius 1 is 1.10 bits per heavy atom. The first-order valence-corrected chi connectivity index (χ1v) is 9.72. The van der Waals surface area contributed by atoms with Gasteiger partial charge in [0.05, 0.1) is 0 Å². The molecule has 0 bridgehead atoms. The van der Waals surface area contributed by atoms with Crippen LogP contribution < -0.4 is 19.5 Å². The molecule has 3 aromatic carbocycles. The van der Waals surface area contributed by atoms with Crippen molar-refractivity contribution in [1.82, 2.24) is 0 Å². The molecule has 0 atom stereocenters. The number of benzene rings is 3. The monoisotopic (exact) mass is 412 g/mol. The fourth-order valence-corrected chi connectivity index (χ4v) is 3.08. The highest BCUT2D eigenvalue weighted by Crippen LogP contribution is 2.32. The zero-order chi connectivity index (χ0) is 21.6. The number of ether oxygens (including phenoxy) is 3.